The first kappa shape index (κ1) is 19.1. The predicted molar refractivity (Wildman–Crippen MR) is 96.2 cm³/mol. The minimum atomic E-state index is -0.933. The molecule has 0 aliphatic rings. The van der Waals surface area contributed by atoms with E-state index in [2.05, 4.69) is 10.9 Å². The summed E-state index contributed by atoms with van der Waals surface area (Å²) in [7, 11) is 0. The molecule has 1 atom stereocenters. The van der Waals surface area contributed by atoms with E-state index < -0.39 is 23.7 Å². The molecule has 3 aromatic rings. The first-order valence-electron chi connectivity index (χ1n) is 8.30. The Bertz CT molecular complexity index is 969. The van der Waals surface area contributed by atoms with Crippen molar-refractivity contribution in [2.75, 3.05) is 0 Å². The van der Waals surface area contributed by atoms with E-state index in [1.54, 1.807) is 6.07 Å². The second-order valence-corrected chi connectivity index (χ2v) is 5.83. The van der Waals surface area contributed by atoms with Crippen LogP contribution in [0.2, 0.25) is 0 Å². The minimum Gasteiger partial charge on any atom is -0.481 e. The summed E-state index contributed by atoms with van der Waals surface area (Å²) in [4.78, 5) is 24.1. The first-order valence-corrected chi connectivity index (χ1v) is 8.30. The number of furan rings is 1. The Balaban J connectivity index is 1.54. The summed E-state index contributed by atoms with van der Waals surface area (Å²) in [5, 5.41) is 0. The highest BCUT2D eigenvalue weighted by Crippen LogP contribution is 2.22. The van der Waals surface area contributed by atoms with Crippen LogP contribution >= 0.6 is 0 Å². The fourth-order valence-electron chi connectivity index (χ4n) is 2.28. The standard InChI is InChI=1S/C20H16F2N2O4/c1-12(27-16-8-6-15(22)7-9-16)19(25)23-24-20(26)18-11-10-17(28-18)13-2-4-14(21)5-3-13/h2-12H,1H3,(H,23,25)(H,24,26)/t12-/m0/s1. The average molecular weight is 386 g/mol. The van der Waals surface area contributed by atoms with E-state index in [0.29, 0.717) is 17.1 Å². The van der Waals surface area contributed by atoms with Crippen LogP contribution in [0.3, 0.4) is 0 Å². The smallest absolute Gasteiger partial charge is 0.305 e. The van der Waals surface area contributed by atoms with Crippen LogP contribution in [0.15, 0.2) is 65.1 Å². The van der Waals surface area contributed by atoms with Gasteiger partial charge in [-0.15, -0.1) is 0 Å². The number of hydrogen-bond acceptors (Lipinski definition) is 4. The van der Waals surface area contributed by atoms with Crippen LogP contribution in [0.5, 0.6) is 5.75 Å². The van der Waals surface area contributed by atoms with Crippen molar-refractivity contribution in [2.24, 2.45) is 0 Å². The van der Waals surface area contributed by atoms with E-state index in [4.69, 9.17) is 9.15 Å². The Kier molecular flexibility index (Phi) is 5.69. The van der Waals surface area contributed by atoms with Crippen LogP contribution < -0.4 is 15.6 Å². The van der Waals surface area contributed by atoms with Gasteiger partial charge in [0.15, 0.2) is 11.9 Å². The van der Waals surface area contributed by atoms with Crippen molar-refractivity contribution >= 4 is 11.8 Å². The van der Waals surface area contributed by atoms with Gasteiger partial charge in [0.2, 0.25) is 0 Å². The summed E-state index contributed by atoms with van der Waals surface area (Å²) in [6, 6.07) is 13.8. The molecule has 0 fully saturated rings. The second kappa shape index (κ2) is 8.34. The topological polar surface area (TPSA) is 80.6 Å². The molecule has 3 rings (SSSR count). The molecule has 28 heavy (non-hydrogen) atoms. The molecule has 1 aromatic heterocycles. The van der Waals surface area contributed by atoms with Crippen LogP contribution in [0.1, 0.15) is 17.5 Å². The Morgan fingerprint density at radius 3 is 2.14 bits per heavy atom. The molecule has 2 amide bonds. The molecular weight excluding hydrogens is 370 g/mol. The average Bonchev–Trinajstić information content (AvgIpc) is 3.18. The summed E-state index contributed by atoms with van der Waals surface area (Å²) in [6.07, 6.45) is -0.933. The zero-order valence-electron chi connectivity index (χ0n) is 14.7. The van der Waals surface area contributed by atoms with Crippen LogP contribution in [-0.2, 0) is 4.79 Å². The van der Waals surface area contributed by atoms with Crippen LogP contribution in [-0.4, -0.2) is 17.9 Å². The van der Waals surface area contributed by atoms with Crippen LogP contribution in [0.25, 0.3) is 11.3 Å². The molecule has 2 N–H and O–H groups in total. The van der Waals surface area contributed by atoms with Gasteiger partial charge in [-0.05, 0) is 67.6 Å². The third kappa shape index (κ3) is 4.73. The second-order valence-electron chi connectivity index (χ2n) is 5.83. The van der Waals surface area contributed by atoms with Crippen molar-refractivity contribution in [3.8, 4) is 17.1 Å². The van der Waals surface area contributed by atoms with Crippen molar-refractivity contribution in [3.63, 3.8) is 0 Å². The number of amides is 2. The molecule has 0 radical (unpaired) electrons. The largest absolute Gasteiger partial charge is 0.481 e. The third-order valence-corrected chi connectivity index (χ3v) is 3.75. The van der Waals surface area contributed by atoms with E-state index in [-0.39, 0.29) is 11.6 Å². The maximum Gasteiger partial charge on any atom is 0.305 e. The van der Waals surface area contributed by atoms with Gasteiger partial charge in [0.25, 0.3) is 5.91 Å². The third-order valence-electron chi connectivity index (χ3n) is 3.75. The molecule has 8 heteroatoms. The number of carbonyl (C=O) groups is 2. The first-order chi connectivity index (χ1) is 13.4. The molecule has 1 heterocycles. The summed E-state index contributed by atoms with van der Waals surface area (Å²) < 4.78 is 36.6. The SMILES string of the molecule is C[C@H](Oc1ccc(F)cc1)C(=O)NNC(=O)c1ccc(-c2ccc(F)cc2)o1. The fraction of sp³-hybridized carbons (Fsp3) is 0.100. The number of benzene rings is 2. The number of halogens is 2. The number of nitrogens with one attached hydrogen (secondary N) is 2. The summed E-state index contributed by atoms with van der Waals surface area (Å²) in [5.74, 6) is -1.43. The Morgan fingerprint density at radius 2 is 1.50 bits per heavy atom. The van der Waals surface area contributed by atoms with Gasteiger partial charge in [-0.25, -0.2) is 8.78 Å². The van der Waals surface area contributed by atoms with E-state index >= 15 is 0 Å². The van der Waals surface area contributed by atoms with E-state index in [1.165, 1.54) is 61.5 Å². The maximum absolute atomic E-state index is 13.0. The molecule has 144 valence electrons. The van der Waals surface area contributed by atoms with Gasteiger partial charge in [0.05, 0.1) is 0 Å². The van der Waals surface area contributed by atoms with Gasteiger partial charge >= 0.3 is 5.91 Å². The van der Waals surface area contributed by atoms with Gasteiger partial charge in [-0.2, -0.15) is 0 Å². The fourth-order valence-corrected chi connectivity index (χ4v) is 2.28. The Hall–Kier alpha value is -3.68. The van der Waals surface area contributed by atoms with Crippen LogP contribution in [0, 0.1) is 11.6 Å². The van der Waals surface area contributed by atoms with Crippen molar-refractivity contribution in [1.29, 1.82) is 0 Å². The van der Waals surface area contributed by atoms with E-state index in [1.807, 2.05) is 0 Å². The van der Waals surface area contributed by atoms with E-state index in [0.717, 1.165) is 0 Å². The lowest BCUT2D eigenvalue weighted by molar-refractivity contribution is -0.128. The number of hydrogen-bond donors (Lipinski definition) is 2. The maximum atomic E-state index is 13.0. The Labute approximate surface area is 159 Å². The molecule has 0 spiro atoms. The van der Waals surface area contributed by atoms with Gasteiger partial charge in [-0.1, -0.05) is 0 Å². The van der Waals surface area contributed by atoms with Crippen molar-refractivity contribution in [3.05, 3.63) is 78.1 Å². The van der Waals surface area contributed by atoms with E-state index in [9.17, 15) is 18.4 Å². The van der Waals surface area contributed by atoms with Crippen molar-refractivity contribution in [1.82, 2.24) is 10.9 Å². The highest BCUT2D eigenvalue weighted by Gasteiger charge is 2.17. The molecule has 0 aliphatic heterocycles. The molecule has 2 aromatic carbocycles. The number of ether oxygens (including phenoxy) is 1. The summed E-state index contributed by atoms with van der Waals surface area (Å²) >= 11 is 0. The highest BCUT2D eigenvalue weighted by atomic mass is 19.1. The quantitative estimate of drug-likeness (QED) is 0.658. The highest BCUT2D eigenvalue weighted by molar-refractivity contribution is 5.94. The zero-order valence-corrected chi connectivity index (χ0v) is 14.7. The Morgan fingerprint density at radius 1 is 0.893 bits per heavy atom. The number of carbonyl (C=O) groups excluding carboxylic acids is 2. The molecule has 0 unspecified atom stereocenters. The van der Waals surface area contributed by atoms with Gasteiger partial charge in [0.1, 0.15) is 23.1 Å². The molecular formula is C20H16F2N2O4. The summed E-state index contributed by atoms with van der Waals surface area (Å²) in [6.45, 7) is 1.48. The monoisotopic (exact) mass is 386 g/mol. The number of rotatable bonds is 5. The van der Waals surface area contributed by atoms with Crippen molar-refractivity contribution in [2.45, 2.75) is 13.0 Å². The zero-order chi connectivity index (χ0) is 20.1. The molecule has 0 saturated carbocycles. The summed E-state index contributed by atoms with van der Waals surface area (Å²) in [5.41, 5.74) is 5.04. The normalized spacial score (nSPS) is 11.5. The van der Waals surface area contributed by atoms with Gasteiger partial charge in [0, 0.05) is 5.56 Å². The van der Waals surface area contributed by atoms with Gasteiger partial charge < -0.3 is 9.15 Å². The van der Waals surface area contributed by atoms with Crippen molar-refractivity contribution < 1.29 is 27.5 Å². The number of hydrazine groups is 1. The lowest BCUT2D eigenvalue weighted by Gasteiger charge is -2.14. The molecule has 0 aliphatic carbocycles. The lowest BCUT2D eigenvalue weighted by atomic mass is 10.2. The van der Waals surface area contributed by atoms with Gasteiger partial charge in [-0.3, -0.25) is 20.4 Å². The van der Waals surface area contributed by atoms with Crippen LogP contribution in [0.4, 0.5) is 8.78 Å². The molecule has 0 saturated heterocycles. The predicted octanol–water partition coefficient (Wildman–Crippen LogP) is 3.45. The lowest BCUT2D eigenvalue weighted by Crippen LogP contribution is -2.47. The molecule has 6 nitrogen and oxygen atoms in total. The molecule has 0 bridgehead atoms. The minimum absolute atomic E-state index is 0.0354.